The maximum absolute atomic E-state index is 12.5. The van der Waals surface area contributed by atoms with Crippen molar-refractivity contribution in [3.05, 3.63) is 40.7 Å². The molecule has 0 spiro atoms. The van der Waals surface area contributed by atoms with Crippen molar-refractivity contribution in [1.29, 1.82) is 0 Å². The topological polar surface area (TPSA) is 102 Å². The molecule has 0 aliphatic heterocycles. The molecule has 1 heterocycles. The average Bonchev–Trinajstić information content (AvgIpc) is 3.45. The third-order valence-corrected chi connectivity index (χ3v) is 6.60. The van der Waals surface area contributed by atoms with E-state index in [0.29, 0.717) is 34.6 Å². The summed E-state index contributed by atoms with van der Waals surface area (Å²) < 4.78 is 34.6. The number of rotatable bonds is 9. The van der Waals surface area contributed by atoms with Crippen molar-refractivity contribution in [3.8, 4) is 5.75 Å². The van der Waals surface area contributed by atoms with Crippen LogP contribution < -0.4 is 14.8 Å². The number of ether oxygens (including phenoxy) is 1. The van der Waals surface area contributed by atoms with Gasteiger partial charge >= 0.3 is 0 Å². The smallest absolute Gasteiger partial charge is 0.248 e. The molecule has 10 heteroatoms. The molecule has 168 valence electrons. The van der Waals surface area contributed by atoms with Gasteiger partial charge in [0.25, 0.3) is 0 Å². The van der Waals surface area contributed by atoms with Crippen molar-refractivity contribution in [3.63, 3.8) is 0 Å². The van der Waals surface area contributed by atoms with Crippen molar-refractivity contribution in [2.45, 2.75) is 51.1 Å². The minimum atomic E-state index is -3.66. The van der Waals surface area contributed by atoms with Gasteiger partial charge in [-0.2, -0.15) is 5.10 Å². The van der Waals surface area contributed by atoms with Gasteiger partial charge in [-0.05, 0) is 50.0 Å². The number of amides is 1. The molecular weight excluding hydrogens is 440 g/mol. The van der Waals surface area contributed by atoms with Crippen LogP contribution in [0.2, 0.25) is 5.15 Å². The molecule has 1 aromatic carbocycles. The number of nitrogens with one attached hydrogen (secondary N) is 2. The third kappa shape index (κ3) is 5.87. The molecule has 1 aromatic heterocycles. The van der Waals surface area contributed by atoms with Crippen LogP contribution in [0.1, 0.15) is 37.9 Å². The van der Waals surface area contributed by atoms with E-state index in [0.717, 1.165) is 12.8 Å². The second kappa shape index (κ2) is 9.42. The Bertz CT molecular complexity index is 1100. The summed E-state index contributed by atoms with van der Waals surface area (Å²) in [7, 11) is -2.21. The number of nitrogens with zero attached hydrogens (tertiary/aromatic N) is 2. The van der Waals surface area contributed by atoms with Crippen LogP contribution in [0.4, 0.5) is 5.69 Å². The number of carbonyl (C=O) groups excluding carboxylic acids is 1. The normalized spacial score (nSPS) is 14.4. The molecule has 1 saturated carbocycles. The highest BCUT2D eigenvalue weighted by Gasteiger charge is 2.28. The Hall–Kier alpha value is -2.36. The van der Waals surface area contributed by atoms with Gasteiger partial charge in [-0.1, -0.05) is 25.4 Å². The van der Waals surface area contributed by atoms with E-state index in [1.807, 2.05) is 6.92 Å². The highest BCUT2D eigenvalue weighted by Crippen LogP contribution is 2.29. The lowest BCUT2D eigenvalue weighted by Gasteiger charge is -2.12. The van der Waals surface area contributed by atoms with Gasteiger partial charge in [0.1, 0.15) is 10.9 Å². The second-order valence-corrected chi connectivity index (χ2v) is 10.0. The lowest BCUT2D eigenvalue weighted by molar-refractivity contribution is -0.111. The fraction of sp³-hybridized carbons (Fsp3) is 0.429. The predicted octanol–water partition coefficient (Wildman–Crippen LogP) is 3.60. The molecule has 0 unspecified atom stereocenters. The number of sulfonamides is 1. The number of anilines is 1. The number of aromatic nitrogens is 2. The number of aryl methyl sites for hydroxylation is 1. The van der Waals surface area contributed by atoms with Crippen molar-refractivity contribution < 1.29 is 17.9 Å². The van der Waals surface area contributed by atoms with Crippen LogP contribution in [-0.4, -0.2) is 37.3 Å². The SMILES string of the molecule is COc1ccc(S(=O)(=O)NC2CC2)cc1NC(=O)/C=C/c1c(C)nn(CC(C)C)c1Cl. The highest BCUT2D eigenvalue weighted by atomic mass is 35.5. The molecule has 0 radical (unpaired) electrons. The van der Waals surface area contributed by atoms with Crippen LogP contribution in [0.15, 0.2) is 29.2 Å². The molecule has 1 aliphatic rings. The summed E-state index contributed by atoms with van der Waals surface area (Å²) in [6.45, 7) is 6.63. The summed E-state index contributed by atoms with van der Waals surface area (Å²) in [5, 5.41) is 7.56. The zero-order valence-corrected chi connectivity index (χ0v) is 19.5. The molecule has 2 aromatic rings. The van der Waals surface area contributed by atoms with Gasteiger partial charge in [0, 0.05) is 24.2 Å². The van der Waals surface area contributed by atoms with Gasteiger partial charge < -0.3 is 10.1 Å². The van der Waals surface area contributed by atoms with Crippen LogP contribution >= 0.6 is 11.6 Å². The van der Waals surface area contributed by atoms with Gasteiger partial charge in [-0.25, -0.2) is 13.1 Å². The summed E-state index contributed by atoms with van der Waals surface area (Å²) in [5.74, 6) is 0.281. The van der Waals surface area contributed by atoms with E-state index in [-0.39, 0.29) is 16.6 Å². The minimum absolute atomic E-state index is 0.0160. The number of halogens is 1. The van der Waals surface area contributed by atoms with E-state index in [9.17, 15) is 13.2 Å². The van der Waals surface area contributed by atoms with E-state index in [2.05, 4.69) is 29.0 Å². The Balaban J connectivity index is 1.78. The van der Waals surface area contributed by atoms with Gasteiger partial charge in [0.05, 0.1) is 23.4 Å². The Morgan fingerprint density at radius 2 is 2.10 bits per heavy atom. The van der Waals surface area contributed by atoms with Crippen molar-refractivity contribution in [2.24, 2.45) is 5.92 Å². The number of hydrogen-bond acceptors (Lipinski definition) is 5. The minimum Gasteiger partial charge on any atom is -0.495 e. The van der Waals surface area contributed by atoms with E-state index in [4.69, 9.17) is 16.3 Å². The molecule has 2 N–H and O–H groups in total. The van der Waals surface area contributed by atoms with Crippen LogP contribution in [0, 0.1) is 12.8 Å². The largest absolute Gasteiger partial charge is 0.495 e. The highest BCUT2D eigenvalue weighted by molar-refractivity contribution is 7.89. The molecule has 0 bridgehead atoms. The first kappa shape index (κ1) is 23.3. The summed E-state index contributed by atoms with van der Waals surface area (Å²) in [4.78, 5) is 12.6. The van der Waals surface area contributed by atoms with Crippen molar-refractivity contribution >= 4 is 39.3 Å². The van der Waals surface area contributed by atoms with E-state index in [1.165, 1.54) is 31.4 Å². The maximum Gasteiger partial charge on any atom is 0.248 e. The molecular formula is C21H27ClN4O4S. The van der Waals surface area contributed by atoms with Crippen LogP contribution in [0.3, 0.4) is 0 Å². The lowest BCUT2D eigenvalue weighted by atomic mass is 10.2. The first-order valence-corrected chi connectivity index (χ1v) is 11.9. The van der Waals surface area contributed by atoms with E-state index >= 15 is 0 Å². The Labute approximate surface area is 187 Å². The van der Waals surface area contributed by atoms with Crippen LogP contribution in [-0.2, 0) is 21.4 Å². The van der Waals surface area contributed by atoms with Gasteiger partial charge in [0.15, 0.2) is 0 Å². The second-order valence-electron chi connectivity index (χ2n) is 7.95. The number of methoxy groups -OCH3 is 1. The Kier molecular flexibility index (Phi) is 7.08. The fourth-order valence-corrected chi connectivity index (χ4v) is 4.63. The first-order valence-electron chi connectivity index (χ1n) is 10.0. The Morgan fingerprint density at radius 3 is 2.71 bits per heavy atom. The lowest BCUT2D eigenvalue weighted by Crippen LogP contribution is -2.25. The molecule has 1 amide bonds. The summed E-state index contributed by atoms with van der Waals surface area (Å²) >= 11 is 6.41. The zero-order chi connectivity index (χ0) is 22.8. The summed E-state index contributed by atoms with van der Waals surface area (Å²) in [6, 6.07) is 4.32. The van der Waals surface area contributed by atoms with Gasteiger partial charge in [0.2, 0.25) is 15.9 Å². The standard InChI is InChI=1S/C21H27ClN4O4S/c1-13(2)12-26-21(22)17(14(3)24-26)8-10-20(27)23-18-11-16(7-9-19(18)30-4)31(28,29)25-15-5-6-15/h7-11,13,15,25H,5-6,12H2,1-4H3,(H,23,27)/b10-8+. The molecule has 1 aliphatic carbocycles. The molecule has 31 heavy (non-hydrogen) atoms. The molecule has 0 atom stereocenters. The van der Waals surface area contributed by atoms with Crippen LogP contribution in [0.5, 0.6) is 5.75 Å². The van der Waals surface area contributed by atoms with Gasteiger partial charge in [-0.3, -0.25) is 9.48 Å². The quantitative estimate of drug-likeness (QED) is 0.549. The number of hydrogen-bond donors (Lipinski definition) is 2. The van der Waals surface area contributed by atoms with Crippen LogP contribution in [0.25, 0.3) is 6.08 Å². The monoisotopic (exact) mass is 466 g/mol. The maximum atomic E-state index is 12.5. The first-order chi connectivity index (χ1) is 14.6. The predicted molar refractivity (Wildman–Crippen MR) is 121 cm³/mol. The fourth-order valence-electron chi connectivity index (χ4n) is 3.00. The number of benzene rings is 1. The molecule has 3 rings (SSSR count). The third-order valence-electron chi connectivity index (χ3n) is 4.69. The summed E-state index contributed by atoms with van der Waals surface area (Å²) in [6.07, 6.45) is 4.59. The number of carbonyl (C=O) groups is 1. The zero-order valence-electron chi connectivity index (χ0n) is 18.0. The average molecular weight is 467 g/mol. The molecule has 0 saturated heterocycles. The van der Waals surface area contributed by atoms with Crippen molar-refractivity contribution in [2.75, 3.05) is 12.4 Å². The van der Waals surface area contributed by atoms with E-state index < -0.39 is 15.9 Å². The summed E-state index contributed by atoms with van der Waals surface area (Å²) in [5.41, 5.74) is 1.63. The Morgan fingerprint density at radius 1 is 1.39 bits per heavy atom. The molecule has 1 fully saturated rings. The van der Waals surface area contributed by atoms with E-state index in [1.54, 1.807) is 10.8 Å². The van der Waals surface area contributed by atoms with Gasteiger partial charge in [-0.15, -0.1) is 0 Å². The molecule has 8 nitrogen and oxygen atoms in total. The van der Waals surface area contributed by atoms with Crippen molar-refractivity contribution in [1.82, 2.24) is 14.5 Å².